The standard InChI is InChI=1S/C27H30N2O7S/c1-5-34-22-12-19(8-11-21(22)35-16-24(30)28-20-9-6-18(4)7-10-20)13-23-26(32)29(27(33)37-23)14-25(31)36-15-17(2)3/h6-13,17H,5,14-16H2,1-4H3,(H,28,30)/b23-13-. The molecule has 3 amide bonds. The van der Waals surface area contributed by atoms with E-state index in [-0.39, 0.29) is 29.9 Å². The monoisotopic (exact) mass is 526 g/mol. The highest BCUT2D eigenvalue weighted by Crippen LogP contribution is 2.34. The molecule has 3 rings (SSSR count). The summed E-state index contributed by atoms with van der Waals surface area (Å²) in [5, 5.41) is 2.23. The minimum absolute atomic E-state index is 0.146. The normalized spacial score (nSPS) is 14.3. The number of anilines is 1. The van der Waals surface area contributed by atoms with Gasteiger partial charge in [-0.25, -0.2) is 0 Å². The smallest absolute Gasteiger partial charge is 0.326 e. The second-order valence-electron chi connectivity index (χ2n) is 8.69. The lowest BCUT2D eigenvalue weighted by Gasteiger charge is -2.13. The number of ether oxygens (including phenoxy) is 3. The molecule has 10 heteroatoms. The molecule has 1 heterocycles. The summed E-state index contributed by atoms with van der Waals surface area (Å²) in [7, 11) is 0. The van der Waals surface area contributed by atoms with Crippen LogP contribution in [0.1, 0.15) is 31.9 Å². The molecule has 0 saturated carbocycles. The molecule has 1 aliphatic heterocycles. The number of thioether (sulfide) groups is 1. The van der Waals surface area contributed by atoms with Gasteiger partial charge in [0.25, 0.3) is 17.1 Å². The Morgan fingerprint density at radius 2 is 1.78 bits per heavy atom. The van der Waals surface area contributed by atoms with Crippen LogP contribution in [0, 0.1) is 12.8 Å². The number of amides is 3. The molecule has 1 fully saturated rings. The molecule has 2 aromatic carbocycles. The van der Waals surface area contributed by atoms with Crippen LogP contribution in [0.3, 0.4) is 0 Å². The van der Waals surface area contributed by atoms with E-state index in [1.54, 1.807) is 24.3 Å². The minimum Gasteiger partial charge on any atom is -0.490 e. The van der Waals surface area contributed by atoms with Gasteiger partial charge in [-0.1, -0.05) is 37.6 Å². The van der Waals surface area contributed by atoms with Crippen molar-refractivity contribution < 1.29 is 33.4 Å². The average molecular weight is 527 g/mol. The molecule has 1 N–H and O–H groups in total. The molecule has 0 bridgehead atoms. The van der Waals surface area contributed by atoms with Crippen LogP contribution in [0.25, 0.3) is 6.08 Å². The van der Waals surface area contributed by atoms with Crippen LogP contribution in [-0.4, -0.2) is 54.3 Å². The summed E-state index contributed by atoms with van der Waals surface area (Å²) >= 11 is 0.748. The van der Waals surface area contributed by atoms with Gasteiger partial charge in [-0.05, 0) is 67.4 Å². The third-order valence-electron chi connectivity index (χ3n) is 5.00. The van der Waals surface area contributed by atoms with Crippen molar-refractivity contribution in [3.8, 4) is 11.5 Å². The van der Waals surface area contributed by atoms with E-state index in [4.69, 9.17) is 14.2 Å². The second kappa shape index (κ2) is 13.0. The van der Waals surface area contributed by atoms with Crippen LogP contribution >= 0.6 is 11.8 Å². The highest BCUT2D eigenvalue weighted by atomic mass is 32.2. The van der Waals surface area contributed by atoms with Gasteiger partial charge in [-0.2, -0.15) is 0 Å². The average Bonchev–Trinajstić information content (AvgIpc) is 3.11. The quantitative estimate of drug-likeness (QED) is 0.333. The largest absolute Gasteiger partial charge is 0.490 e. The Morgan fingerprint density at radius 3 is 2.46 bits per heavy atom. The van der Waals surface area contributed by atoms with Gasteiger partial charge in [0.05, 0.1) is 18.1 Å². The molecule has 0 atom stereocenters. The summed E-state index contributed by atoms with van der Waals surface area (Å²) in [4.78, 5) is 50.4. The van der Waals surface area contributed by atoms with Crippen molar-refractivity contribution in [2.75, 3.05) is 31.7 Å². The van der Waals surface area contributed by atoms with Crippen molar-refractivity contribution in [2.45, 2.75) is 27.7 Å². The van der Waals surface area contributed by atoms with Crippen molar-refractivity contribution in [3.05, 3.63) is 58.5 Å². The first-order valence-electron chi connectivity index (χ1n) is 11.8. The third-order valence-corrected chi connectivity index (χ3v) is 5.91. The van der Waals surface area contributed by atoms with Crippen LogP contribution in [-0.2, 0) is 19.1 Å². The lowest BCUT2D eigenvalue weighted by molar-refractivity contribution is -0.147. The number of nitrogens with one attached hydrogen (secondary N) is 1. The molecule has 2 aromatic rings. The van der Waals surface area contributed by atoms with E-state index in [0.717, 1.165) is 22.2 Å². The maximum absolute atomic E-state index is 12.7. The molecule has 0 aromatic heterocycles. The van der Waals surface area contributed by atoms with Crippen LogP contribution in [0.4, 0.5) is 10.5 Å². The van der Waals surface area contributed by atoms with Crippen molar-refractivity contribution in [1.29, 1.82) is 0 Å². The Bertz CT molecular complexity index is 1190. The predicted octanol–water partition coefficient (Wildman–Crippen LogP) is 4.65. The van der Waals surface area contributed by atoms with Crippen molar-refractivity contribution in [2.24, 2.45) is 5.92 Å². The van der Waals surface area contributed by atoms with Gasteiger partial charge < -0.3 is 19.5 Å². The summed E-state index contributed by atoms with van der Waals surface area (Å²) in [5.74, 6) is -0.634. The lowest BCUT2D eigenvalue weighted by atomic mass is 10.2. The SMILES string of the molecule is CCOc1cc(/C=C2\SC(=O)N(CC(=O)OCC(C)C)C2=O)ccc1OCC(=O)Nc1ccc(C)cc1. The van der Waals surface area contributed by atoms with E-state index in [2.05, 4.69) is 5.32 Å². The maximum Gasteiger partial charge on any atom is 0.326 e. The summed E-state index contributed by atoms with van der Waals surface area (Å²) in [6.07, 6.45) is 1.54. The molecule has 196 valence electrons. The first-order valence-corrected chi connectivity index (χ1v) is 12.6. The zero-order valence-electron chi connectivity index (χ0n) is 21.2. The second-order valence-corrected chi connectivity index (χ2v) is 9.68. The molecule has 1 aliphatic rings. The van der Waals surface area contributed by atoms with Crippen LogP contribution in [0.15, 0.2) is 47.4 Å². The lowest BCUT2D eigenvalue weighted by Crippen LogP contribution is -2.34. The Kier molecular flexibility index (Phi) is 9.73. The van der Waals surface area contributed by atoms with Gasteiger partial charge in [-0.3, -0.25) is 24.1 Å². The van der Waals surface area contributed by atoms with E-state index in [0.29, 0.717) is 29.4 Å². The molecular weight excluding hydrogens is 496 g/mol. The van der Waals surface area contributed by atoms with Gasteiger partial charge in [0.1, 0.15) is 6.54 Å². The number of nitrogens with zero attached hydrogens (tertiary/aromatic N) is 1. The van der Waals surface area contributed by atoms with Gasteiger partial charge in [0.15, 0.2) is 18.1 Å². The Morgan fingerprint density at radius 1 is 1.05 bits per heavy atom. The molecule has 0 radical (unpaired) electrons. The summed E-state index contributed by atoms with van der Waals surface area (Å²) in [6.45, 7) is 7.47. The van der Waals surface area contributed by atoms with Crippen LogP contribution in [0.2, 0.25) is 0 Å². The highest BCUT2D eigenvalue weighted by molar-refractivity contribution is 8.18. The molecule has 0 unspecified atom stereocenters. The van der Waals surface area contributed by atoms with Crippen LogP contribution in [0.5, 0.6) is 11.5 Å². The van der Waals surface area contributed by atoms with Gasteiger partial charge in [0.2, 0.25) is 0 Å². The predicted molar refractivity (Wildman–Crippen MR) is 141 cm³/mol. The molecular formula is C27H30N2O7S. The molecule has 0 spiro atoms. The number of imide groups is 1. The van der Waals surface area contributed by atoms with E-state index in [9.17, 15) is 19.2 Å². The fourth-order valence-corrected chi connectivity index (χ4v) is 4.04. The Hall–Kier alpha value is -3.79. The van der Waals surface area contributed by atoms with E-state index in [1.165, 1.54) is 0 Å². The number of carbonyl (C=O) groups excluding carboxylic acids is 4. The molecule has 1 saturated heterocycles. The van der Waals surface area contributed by atoms with Crippen molar-refractivity contribution >= 4 is 46.5 Å². The minimum atomic E-state index is -0.635. The molecule has 37 heavy (non-hydrogen) atoms. The van der Waals surface area contributed by atoms with E-state index < -0.39 is 23.7 Å². The third kappa shape index (κ3) is 8.11. The number of carbonyl (C=O) groups is 4. The van der Waals surface area contributed by atoms with Gasteiger partial charge in [0, 0.05) is 5.69 Å². The highest BCUT2D eigenvalue weighted by Gasteiger charge is 2.36. The summed E-state index contributed by atoms with van der Waals surface area (Å²) < 4.78 is 16.4. The molecule has 9 nitrogen and oxygen atoms in total. The first kappa shape index (κ1) is 27.8. The van der Waals surface area contributed by atoms with Crippen molar-refractivity contribution in [1.82, 2.24) is 4.90 Å². The number of benzene rings is 2. The zero-order chi connectivity index (χ0) is 26.9. The number of hydrogen-bond donors (Lipinski definition) is 1. The van der Waals surface area contributed by atoms with E-state index >= 15 is 0 Å². The van der Waals surface area contributed by atoms with Gasteiger partial charge >= 0.3 is 5.97 Å². The zero-order valence-corrected chi connectivity index (χ0v) is 22.1. The number of aryl methyl sites for hydroxylation is 1. The topological polar surface area (TPSA) is 111 Å². The Labute approximate surface area is 220 Å². The first-order chi connectivity index (χ1) is 17.7. The van der Waals surface area contributed by atoms with E-state index in [1.807, 2.05) is 52.0 Å². The Balaban J connectivity index is 1.66. The summed E-state index contributed by atoms with van der Waals surface area (Å²) in [5.41, 5.74) is 2.35. The number of rotatable bonds is 11. The van der Waals surface area contributed by atoms with Gasteiger partial charge in [-0.15, -0.1) is 0 Å². The summed E-state index contributed by atoms with van der Waals surface area (Å²) in [6, 6.07) is 12.4. The van der Waals surface area contributed by atoms with Crippen molar-refractivity contribution in [3.63, 3.8) is 0 Å². The number of esters is 1. The molecule has 0 aliphatic carbocycles. The fraction of sp³-hybridized carbons (Fsp3) is 0.333. The van der Waals surface area contributed by atoms with Crippen LogP contribution < -0.4 is 14.8 Å². The fourth-order valence-electron chi connectivity index (χ4n) is 3.20. The number of hydrogen-bond acceptors (Lipinski definition) is 8. The maximum atomic E-state index is 12.7.